The van der Waals surface area contributed by atoms with Crippen molar-refractivity contribution in [3.63, 3.8) is 0 Å². The molecule has 0 saturated carbocycles. The van der Waals surface area contributed by atoms with Crippen LogP contribution >= 0.6 is 0 Å². The van der Waals surface area contributed by atoms with Crippen molar-refractivity contribution in [2.75, 3.05) is 0 Å². The van der Waals surface area contributed by atoms with Gasteiger partial charge in [0.05, 0.1) is 23.8 Å². The summed E-state index contributed by atoms with van der Waals surface area (Å²) in [6, 6.07) is 10.1. The summed E-state index contributed by atoms with van der Waals surface area (Å²) in [6.07, 6.45) is 3.73. The third kappa shape index (κ3) is 1.90. The molecule has 0 bridgehead atoms. The number of benzene rings is 1. The maximum atomic E-state index is 5.19. The minimum absolute atomic E-state index is 0.690. The average molecular weight is 241 g/mol. The van der Waals surface area contributed by atoms with Crippen molar-refractivity contribution in [3.8, 4) is 0 Å². The van der Waals surface area contributed by atoms with E-state index in [1.54, 1.807) is 6.20 Å². The first kappa shape index (κ1) is 11.0. The quantitative estimate of drug-likeness (QED) is 0.705. The van der Waals surface area contributed by atoms with Gasteiger partial charge in [-0.15, -0.1) is 0 Å². The third-order valence-corrected chi connectivity index (χ3v) is 3.01. The number of rotatable bonds is 4. The second kappa shape index (κ2) is 4.64. The predicted molar refractivity (Wildman–Crippen MR) is 69.3 cm³/mol. The summed E-state index contributed by atoms with van der Waals surface area (Å²) in [5, 5.41) is 3.75. The highest BCUT2D eigenvalue weighted by molar-refractivity contribution is 5.76. The fourth-order valence-corrected chi connectivity index (χ4v) is 2.20. The SMILES string of the molecule is CCCc1nc2ccccc2n1Cc1ccno1. The standard InChI is InChI=1S/C14H15N3O/c1-2-5-14-16-12-6-3-4-7-13(12)17(14)10-11-8-9-15-18-11/h3-4,6-9H,2,5,10H2,1H3. The number of para-hydroxylation sites is 2. The second-order valence-electron chi connectivity index (χ2n) is 4.33. The van der Waals surface area contributed by atoms with Crippen LogP contribution < -0.4 is 0 Å². The molecule has 18 heavy (non-hydrogen) atoms. The van der Waals surface area contributed by atoms with Crippen LogP contribution in [0.15, 0.2) is 41.1 Å². The molecule has 0 aliphatic rings. The zero-order valence-corrected chi connectivity index (χ0v) is 10.3. The van der Waals surface area contributed by atoms with Crippen molar-refractivity contribution in [3.05, 3.63) is 48.1 Å². The molecular weight excluding hydrogens is 226 g/mol. The van der Waals surface area contributed by atoms with E-state index in [1.807, 2.05) is 24.3 Å². The van der Waals surface area contributed by atoms with Gasteiger partial charge in [0, 0.05) is 12.5 Å². The van der Waals surface area contributed by atoms with Crippen LogP contribution in [0.25, 0.3) is 11.0 Å². The summed E-state index contributed by atoms with van der Waals surface area (Å²) >= 11 is 0. The van der Waals surface area contributed by atoms with Crippen molar-refractivity contribution in [2.24, 2.45) is 0 Å². The van der Waals surface area contributed by atoms with Crippen molar-refractivity contribution >= 4 is 11.0 Å². The number of fused-ring (bicyclic) bond motifs is 1. The molecule has 0 N–H and O–H groups in total. The first-order valence-corrected chi connectivity index (χ1v) is 6.22. The molecule has 0 amide bonds. The van der Waals surface area contributed by atoms with Gasteiger partial charge in [0.25, 0.3) is 0 Å². The lowest BCUT2D eigenvalue weighted by atomic mass is 10.3. The van der Waals surface area contributed by atoms with E-state index >= 15 is 0 Å². The summed E-state index contributed by atoms with van der Waals surface area (Å²) in [4.78, 5) is 4.68. The molecule has 0 spiro atoms. The molecule has 3 rings (SSSR count). The Labute approximate surface area is 105 Å². The minimum atomic E-state index is 0.690. The van der Waals surface area contributed by atoms with E-state index in [1.165, 1.54) is 0 Å². The zero-order chi connectivity index (χ0) is 12.4. The Morgan fingerprint density at radius 3 is 2.89 bits per heavy atom. The van der Waals surface area contributed by atoms with Crippen LogP contribution in [0.4, 0.5) is 0 Å². The van der Waals surface area contributed by atoms with Crippen LogP contribution in [0.3, 0.4) is 0 Å². The van der Waals surface area contributed by atoms with E-state index in [-0.39, 0.29) is 0 Å². The van der Waals surface area contributed by atoms with E-state index in [0.29, 0.717) is 6.54 Å². The lowest BCUT2D eigenvalue weighted by Gasteiger charge is -2.05. The van der Waals surface area contributed by atoms with Gasteiger partial charge in [0.2, 0.25) is 0 Å². The van der Waals surface area contributed by atoms with Gasteiger partial charge in [-0.3, -0.25) is 0 Å². The van der Waals surface area contributed by atoms with Gasteiger partial charge in [-0.05, 0) is 18.6 Å². The van der Waals surface area contributed by atoms with Gasteiger partial charge in [0.1, 0.15) is 5.82 Å². The molecule has 0 unspecified atom stereocenters. The molecule has 1 aromatic carbocycles. The predicted octanol–water partition coefficient (Wildman–Crippen LogP) is 3.03. The number of aryl methyl sites for hydroxylation is 1. The number of aromatic nitrogens is 3. The summed E-state index contributed by atoms with van der Waals surface area (Å²) in [5.74, 6) is 1.96. The average Bonchev–Trinajstić information content (AvgIpc) is 3.00. The highest BCUT2D eigenvalue weighted by Crippen LogP contribution is 2.18. The van der Waals surface area contributed by atoms with Crippen LogP contribution in [0, 0.1) is 0 Å². The fourth-order valence-electron chi connectivity index (χ4n) is 2.20. The Morgan fingerprint density at radius 1 is 1.22 bits per heavy atom. The Bertz CT molecular complexity index is 640. The van der Waals surface area contributed by atoms with Crippen molar-refractivity contribution in [1.82, 2.24) is 14.7 Å². The van der Waals surface area contributed by atoms with Crippen LogP contribution in [0.2, 0.25) is 0 Å². The number of imidazole rings is 1. The van der Waals surface area contributed by atoms with E-state index in [2.05, 4.69) is 27.7 Å². The third-order valence-electron chi connectivity index (χ3n) is 3.01. The van der Waals surface area contributed by atoms with Crippen LogP contribution in [0.5, 0.6) is 0 Å². The molecular formula is C14H15N3O. The van der Waals surface area contributed by atoms with Gasteiger partial charge in [0.15, 0.2) is 5.76 Å². The molecule has 0 atom stereocenters. The first-order valence-electron chi connectivity index (χ1n) is 6.22. The zero-order valence-electron chi connectivity index (χ0n) is 10.3. The molecule has 4 nitrogen and oxygen atoms in total. The molecule has 0 radical (unpaired) electrons. The van der Waals surface area contributed by atoms with Crippen molar-refractivity contribution < 1.29 is 4.52 Å². The van der Waals surface area contributed by atoms with Crippen LogP contribution in [-0.4, -0.2) is 14.7 Å². The maximum absolute atomic E-state index is 5.19. The summed E-state index contributed by atoms with van der Waals surface area (Å²) in [6.45, 7) is 2.86. The van der Waals surface area contributed by atoms with Crippen LogP contribution in [0.1, 0.15) is 24.9 Å². The summed E-state index contributed by atoms with van der Waals surface area (Å²) < 4.78 is 7.40. The molecule has 0 fully saturated rings. The van der Waals surface area contributed by atoms with Crippen molar-refractivity contribution in [1.29, 1.82) is 0 Å². The van der Waals surface area contributed by atoms with Gasteiger partial charge >= 0.3 is 0 Å². The Balaban J connectivity index is 2.09. The van der Waals surface area contributed by atoms with Gasteiger partial charge in [-0.1, -0.05) is 24.2 Å². The molecule has 92 valence electrons. The second-order valence-corrected chi connectivity index (χ2v) is 4.33. The smallest absolute Gasteiger partial charge is 0.156 e. The normalized spacial score (nSPS) is 11.2. The van der Waals surface area contributed by atoms with Gasteiger partial charge in [-0.2, -0.15) is 0 Å². The molecule has 0 saturated heterocycles. The number of hydrogen-bond donors (Lipinski definition) is 0. The summed E-state index contributed by atoms with van der Waals surface area (Å²) in [7, 11) is 0. The topological polar surface area (TPSA) is 43.9 Å². The van der Waals surface area contributed by atoms with E-state index in [0.717, 1.165) is 35.5 Å². The van der Waals surface area contributed by atoms with Crippen molar-refractivity contribution in [2.45, 2.75) is 26.3 Å². The largest absolute Gasteiger partial charge is 0.359 e. The number of hydrogen-bond acceptors (Lipinski definition) is 3. The molecule has 0 aliphatic carbocycles. The Kier molecular flexibility index (Phi) is 2.84. The lowest BCUT2D eigenvalue weighted by molar-refractivity contribution is 0.376. The lowest BCUT2D eigenvalue weighted by Crippen LogP contribution is -2.04. The monoisotopic (exact) mass is 241 g/mol. The molecule has 4 heteroatoms. The maximum Gasteiger partial charge on any atom is 0.156 e. The minimum Gasteiger partial charge on any atom is -0.359 e. The molecule has 2 aromatic heterocycles. The Hall–Kier alpha value is -2.10. The van der Waals surface area contributed by atoms with E-state index in [4.69, 9.17) is 4.52 Å². The Morgan fingerprint density at radius 2 is 2.11 bits per heavy atom. The summed E-state index contributed by atoms with van der Waals surface area (Å²) in [5.41, 5.74) is 2.19. The highest BCUT2D eigenvalue weighted by Gasteiger charge is 2.11. The molecule has 2 heterocycles. The highest BCUT2D eigenvalue weighted by atomic mass is 16.5. The van der Waals surface area contributed by atoms with Crippen LogP contribution in [-0.2, 0) is 13.0 Å². The fraction of sp³-hybridized carbons (Fsp3) is 0.286. The first-order chi connectivity index (χ1) is 8.88. The molecule has 3 aromatic rings. The van der Waals surface area contributed by atoms with Gasteiger partial charge < -0.3 is 9.09 Å². The van der Waals surface area contributed by atoms with E-state index < -0.39 is 0 Å². The number of nitrogens with zero attached hydrogens (tertiary/aromatic N) is 3. The van der Waals surface area contributed by atoms with E-state index in [9.17, 15) is 0 Å². The molecule has 0 aliphatic heterocycles. The van der Waals surface area contributed by atoms with Gasteiger partial charge in [-0.25, -0.2) is 4.98 Å².